The molecular formula is C14H13N5O4S. The Morgan fingerprint density at radius 1 is 1.46 bits per heavy atom. The number of aromatic amines is 2. The van der Waals surface area contributed by atoms with E-state index < -0.39 is 5.69 Å². The van der Waals surface area contributed by atoms with Crippen molar-refractivity contribution in [3.63, 3.8) is 0 Å². The molecule has 3 aromatic rings. The van der Waals surface area contributed by atoms with Gasteiger partial charge in [-0.3, -0.25) is 9.78 Å². The summed E-state index contributed by atoms with van der Waals surface area (Å²) in [5.41, 5.74) is 0.918. The van der Waals surface area contributed by atoms with Crippen LogP contribution in [0.5, 0.6) is 11.5 Å². The lowest BCUT2D eigenvalue weighted by atomic mass is 10.3. The second kappa shape index (κ2) is 6.62. The summed E-state index contributed by atoms with van der Waals surface area (Å²) in [6, 6.07) is 4.49. The van der Waals surface area contributed by atoms with Gasteiger partial charge < -0.3 is 20.1 Å². The molecule has 0 spiro atoms. The zero-order valence-electron chi connectivity index (χ0n) is 12.5. The maximum Gasteiger partial charge on any atom is 0.347 e. The highest BCUT2D eigenvalue weighted by Crippen LogP contribution is 2.29. The van der Waals surface area contributed by atoms with Crippen LogP contribution in [-0.4, -0.2) is 43.8 Å². The molecule has 2 heterocycles. The number of aromatic nitrogens is 4. The quantitative estimate of drug-likeness (QED) is 0.308. The van der Waals surface area contributed by atoms with Gasteiger partial charge in [-0.05, 0) is 12.1 Å². The van der Waals surface area contributed by atoms with E-state index in [0.29, 0.717) is 21.9 Å². The molecular weight excluding hydrogens is 334 g/mol. The predicted molar refractivity (Wildman–Crippen MR) is 88.5 cm³/mol. The topological polar surface area (TPSA) is 133 Å². The molecule has 0 saturated carbocycles. The number of amides is 1. The fourth-order valence-electron chi connectivity index (χ4n) is 2.02. The number of thioether (sulfide) groups is 1. The van der Waals surface area contributed by atoms with E-state index in [1.807, 2.05) is 0 Å². The Kier molecular flexibility index (Phi) is 4.38. The first kappa shape index (κ1) is 15.9. The van der Waals surface area contributed by atoms with Crippen molar-refractivity contribution >= 4 is 34.5 Å². The molecule has 4 N–H and O–H groups in total. The number of carbonyl (C=O) groups is 1. The first-order valence-electron chi connectivity index (χ1n) is 6.80. The van der Waals surface area contributed by atoms with Crippen LogP contribution >= 0.6 is 11.8 Å². The highest BCUT2D eigenvalue weighted by Gasteiger charge is 2.11. The lowest BCUT2D eigenvalue weighted by Crippen LogP contribution is -2.15. The van der Waals surface area contributed by atoms with Crippen LogP contribution in [0.4, 0.5) is 5.69 Å². The summed E-state index contributed by atoms with van der Waals surface area (Å²) in [4.78, 5) is 36.7. The normalized spacial score (nSPS) is 10.7. The molecule has 124 valence electrons. The number of phenolic OH excluding ortho intramolecular Hbond substituents is 1. The van der Waals surface area contributed by atoms with Crippen LogP contribution in [0.3, 0.4) is 0 Å². The van der Waals surface area contributed by atoms with Crippen molar-refractivity contribution in [2.45, 2.75) is 5.03 Å². The largest absolute Gasteiger partial charge is 0.504 e. The highest BCUT2D eigenvalue weighted by atomic mass is 32.2. The first-order valence-corrected chi connectivity index (χ1v) is 7.78. The lowest BCUT2D eigenvalue weighted by Gasteiger charge is -2.08. The van der Waals surface area contributed by atoms with Crippen molar-refractivity contribution in [1.29, 1.82) is 0 Å². The molecule has 0 aliphatic rings. The van der Waals surface area contributed by atoms with Gasteiger partial charge in [-0.15, -0.1) is 0 Å². The number of hydrogen-bond donors (Lipinski definition) is 4. The molecule has 1 aromatic carbocycles. The van der Waals surface area contributed by atoms with E-state index in [2.05, 4.69) is 25.3 Å². The summed E-state index contributed by atoms with van der Waals surface area (Å²) in [5.74, 6) is 0.00548. The number of phenols is 1. The van der Waals surface area contributed by atoms with Crippen molar-refractivity contribution in [3.05, 3.63) is 35.0 Å². The van der Waals surface area contributed by atoms with E-state index >= 15 is 0 Å². The third-order valence-electron chi connectivity index (χ3n) is 3.09. The number of rotatable bonds is 5. The van der Waals surface area contributed by atoms with Crippen LogP contribution in [-0.2, 0) is 4.79 Å². The number of nitrogens with one attached hydrogen (secondary N) is 3. The maximum atomic E-state index is 12.1. The van der Waals surface area contributed by atoms with Crippen LogP contribution in [0.15, 0.2) is 34.3 Å². The summed E-state index contributed by atoms with van der Waals surface area (Å²) in [6.07, 6.45) is 1.44. The minimum absolute atomic E-state index is 0.0146. The van der Waals surface area contributed by atoms with E-state index in [1.165, 1.54) is 25.6 Å². The second-order valence-corrected chi connectivity index (χ2v) is 5.66. The molecule has 1 amide bonds. The molecule has 3 rings (SSSR count). The number of nitrogens with zero attached hydrogens (tertiary/aromatic N) is 2. The number of aromatic hydroxyl groups is 1. The number of fused-ring (bicyclic) bond motifs is 1. The first-order chi connectivity index (χ1) is 11.6. The molecule has 0 saturated heterocycles. The number of methoxy groups -OCH3 is 1. The SMILES string of the molecule is COc1cc(NC(=O)CSc2nc(=O)[nH]c3nc[nH]c23)ccc1O. The molecule has 24 heavy (non-hydrogen) atoms. The van der Waals surface area contributed by atoms with Crippen molar-refractivity contribution in [1.82, 2.24) is 19.9 Å². The van der Waals surface area contributed by atoms with E-state index in [9.17, 15) is 14.7 Å². The minimum Gasteiger partial charge on any atom is -0.504 e. The van der Waals surface area contributed by atoms with Gasteiger partial charge in [0, 0.05) is 11.8 Å². The van der Waals surface area contributed by atoms with Gasteiger partial charge in [0.2, 0.25) is 5.91 Å². The smallest absolute Gasteiger partial charge is 0.347 e. The van der Waals surface area contributed by atoms with E-state index in [0.717, 1.165) is 11.8 Å². The third-order valence-corrected chi connectivity index (χ3v) is 4.06. The lowest BCUT2D eigenvalue weighted by molar-refractivity contribution is -0.113. The fraction of sp³-hybridized carbons (Fsp3) is 0.143. The van der Waals surface area contributed by atoms with Crippen LogP contribution in [0, 0.1) is 0 Å². The minimum atomic E-state index is -0.527. The number of ether oxygens (including phenoxy) is 1. The van der Waals surface area contributed by atoms with Gasteiger partial charge in [-0.25, -0.2) is 9.78 Å². The number of imidazole rings is 1. The summed E-state index contributed by atoms with van der Waals surface area (Å²) < 4.78 is 4.98. The molecule has 0 atom stereocenters. The van der Waals surface area contributed by atoms with Gasteiger partial charge >= 0.3 is 5.69 Å². The van der Waals surface area contributed by atoms with Crippen molar-refractivity contribution in [2.75, 3.05) is 18.2 Å². The average Bonchev–Trinajstić information content (AvgIpc) is 3.02. The summed E-state index contributed by atoms with van der Waals surface area (Å²) in [6.45, 7) is 0. The zero-order valence-corrected chi connectivity index (χ0v) is 13.3. The molecule has 10 heteroatoms. The Labute approximate surface area is 139 Å². The number of anilines is 1. The molecule has 9 nitrogen and oxygen atoms in total. The van der Waals surface area contributed by atoms with Gasteiger partial charge in [0.25, 0.3) is 0 Å². The van der Waals surface area contributed by atoms with Crippen molar-refractivity contribution < 1.29 is 14.6 Å². The summed E-state index contributed by atoms with van der Waals surface area (Å²) >= 11 is 1.11. The summed E-state index contributed by atoms with van der Waals surface area (Å²) in [5, 5.41) is 12.6. The number of benzene rings is 1. The van der Waals surface area contributed by atoms with E-state index in [-0.39, 0.29) is 23.2 Å². The van der Waals surface area contributed by atoms with E-state index in [1.54, 1.807) is 6.07 Å². The molecule has 0 aliphatic carbocycles. The molecule has 0 aliphatic heterocycles. The Morgan fingerprint density at radius 2 is 2.29 bits per heavy atom. The van der Waals surface area contributed by atoms with Crippen molar-refractivity contribution in [3.8, 4) is 11.5 Å². The third kappa shape index (κ3) is 3.33. The molecule has 0 fully saturated rings. The Hall–Kier alpha value is -3.01. The Morgan fingerprint density at radius 3 is 3.08 bits per heavy atom. The fourth-order valence-corrected chi connectivity index (χ4v) is 2.81. The van der Waals surface area contributed by atoms with Crippen LogP contribution in [0.2, 0.25) is 0 Å². The summed E-state index contributed by atoms with van der Waals surface area (Å²) in [7, 11) is 1.42. The average molecular weight is 347 g/mol. The maximum absolute atomic E-state index is 12.1. The van der Waals surface area contributed by atoms with Gasteiger partial charge in [0.15, 0.2) is 17.1 Å². The van der Waals surface area contributed by atoms with E-state index in [4.69, 9.17) is 4.74 Å². The molecule has 0 radical (unpaired) electrons. The molecule has 2 aromatic heterocycles. The standard InChI is InChI=1S/C14H13N5O4S/c1-23-9-4-7(2-3-8(9)20)17-10(21)5-24-13-11-12(16-6-15-11)18-14(22)19-13/h2-4,6,20H,5H2,1H3,(H,17,21)(H2,15,16,18,19,22). The van der Waals surface area contributed by atoms with Crippen LogP contribution in [0.25, 0.3) is 11.2 Å². The van der Waals surface area contributed by atoms with Gasteiger partial charge in [-0.1, -0.05) is 11.8 Å². The number of hydrogen-bond acceptors (Lipinski definition) is 7. The van der Waals surface area contributed by atoms with Crippen molar-refractivity contribution in [2.24, 2.45) is 0 Å². The second-order valence-electron chi connectivity index (χ2n) is 4.70. The number of carbonyl (C=O) groups excluding carboxylic acids is 1. The Bertz CT molecular complexity index is 952. The number of H-pyrrole nitrogens is 2. The van der Waals surface area contributed by atoms with Crippen LogP contribution < -0.4 is 15.7 Å². The predicted octanol–water partition coefficient (Wildman–Crippen LogP) is 1.09. The molecule has 0 bridgehead atoms. The van der Waals surface area contributed by atoms with Gasteiger partial charge in [-0.2, -0.15) is 4.98 Å². The molecule has 0 unspecified atom stereocenters. The zero-order chi connectivity index (χ0) is 17.1. The monoisotopic (exact) mass is 347 g/mol. The van der Waals surface area contributed by atoms with Crippen LogP contribution in [0.1, 0.15) is 0 Å². The van der Waals surface area contributed by atoms with Gasteiger partial charge in [0.05, 0.1) is 19.2 Å². The Balaban J connectivity index is 1.69. The van der Waals surface area contributed by atoms with Gasteiger partial charge in [0.1, 0.15) is 10.5 Å². The highest BCUT2D eigenvalue weighted by molar-refractivity contribution is 8.00.